The summed E-state index contributed by atoms with van der Waals surface area (Å²) in [7, 11) is -3.95. The third-order valence-electron chi connectivity index (χ3n) is 2.99. The first kappa shape index (κ1) is 14.0. The van der Waals surface area contributed by atoms with E-state index >= 15 is 0 Å². The molecule has 108 valence electrons. The number of esters is 1. The summed E-state index contributed by atoms with van der Waals surface area (Å²) in [5.41, 5.74) is 0.651. The van der Waals surface area contributed by atoms with Crippen LogP contribution in [0.2, 0.25) is 0 Å². The highest BCUT2D eigenvalue weighted by Crippen LogP contribution is 2.42. The molecule has 0 radical (unpaired) electrons. The minimum Gasteiger partial charge on any atom is -0.465 e. The van der Waals surface area contributed by atoms with Gasteiger partial charge in [-0.15, -0.1) is 0 Å². The lowest BCUT2D eigenvalue weighted by molar-refractivity contribution is -0.132. The Kier molecular flexibility index (Phi) is 3.38. The first-order chi connectivity index (χ1) is 10.1. The van der Waals surface area contributed by atoms with Gasteiger partial charge in [0.15, 0.2) is 0 Å². The molecular weight excluding hydrogens is 310 g/mol. The zero-order chi connectivity index (χ0) is 15.0. The lowest BCUT2D eigenvalue weighted by atomic mass is 10.2. The van der Waals surface area contributed by atoms with Gasteiger partial charge in [0.1, 0.15) is 9.91 Å². The van der Waals surface area contributed by atoms with Crippen molar-refractivity contribution in [1.29, 1.82) is 0 Å². The first-order valence-corrected chi connectivity index (χ1v) is 9.25. The number of aliphatic imine (C=N–C) groups is 1. The average molecular weight is 321 g/mol. The molecule has 7 heteroatoms. The molecule has 1 aromatic rings. The Hall–Kier alpha value is -1.99. The molecule has 0 bridgehead atoms. The topological polar surface area (TPSA) is 72.8 Å². The van der Waals surface area contributed by atoms with Crippen LogP contribution in [0.3, 0.4) is 0 Å². The fourth-order valence-corrected chi connectivity index (χ4v) is 7.35. The summed E-state index contributed by atoms with van der Waals surface area (Å²) in [4.78, 5) is 16.3. The molecule has 0 fully saturated rings. The fourth-order valence-electron chi connectivity index (χ4n) is 2.04. The third-order valence-corrected chi connectivity index (χ3v) is 8.56. The van der Waals surface area contributed by atoms with Gasteiger partial charge in [-0.05, 0) is 33.8 Å². The number of nitrogens with zero attached hydrogens (tertiary/aromatic N) is 1. The van der Waals surface area contributed by atoms with Gasteiger partial charge in [-0.25, -0.2) is 18.2 Å². The highest BCUT2D eigenvalue weighted by Gasteiger charge is 2.36. The number of hydrogen-bond donors (Lipinski definition) is 0. The maximum atomic E-state index is 12.8. The van der Waals surface area contributed by atoms with E-state index in [2.05, 4.69) is 4.99 Å². The van der Waals surface area contributed by atoms with Crippen molar-refractivity contribution in [2.24, 2.45) is 4.99 Å². The zero-order valence-electron chi connectivity index (χ0n) is 11.0. The molecule has 0 aliphatic carbocycles. The summed E-state index contributed by atoms with van der Waals surface area (Å²) in [6, 6.07) is 8.05. The van der Waals surface area contributed by atoms with Gasteiger partial charge in [-0.2, -0.15) is 0 Å². The van der Waals surface area contributed by atoms with Gasteiger partial charge in [-0.1, -0.05) is 18.2 Å². The van der Waals surface area contributed by atoms with Crippen LogP contribution < -0.4 is 0 Å². The van der Waals surface area contributed by atoms with Crippen molar-refractivity contribution in [2.45, 2.75) is 4.90 Å². The van der Waals surface area contributed by atoms with Crippen LogP contribution in [-0.2, 0) is 18.4 Å². The van der Waals surface area contributed by atoms with Crippen LogP contribution in [0.4, 0.5) is 0 Å². The Morgan fingerprint density at radius 3 is 2.62 bits per heavy atom. The number of carbonyl (C=O) groups is 1. The van der Waals surface area contributed by atoms with E-state index in [4.69, 9.17) is 4.74 Å². The molecule has 0 saturated heterocycles. The van der Waals surface area contributed by atoms with E-state index in [-0.39, 0.29) is 9.76 Å². The highest BCUT2D eigenvalue weighted by atomic mass is 33.2. The molecule has 0 amide bonds. The third kappa shape index (κ3) is 2.18. The van der Waals surface area contributed by atoms with Crippen molar-refractivity contribution in [2.75, 3.05) is 7.11 Å². The quantitative estimate of drug-likeness (QED) is 0.484. The largest absolute Gasteiger partial charge is 0.465 e. The smallest absolute Gasteiger partial charge is 0.344 e. The Balaban J connectivity index is 2.22. The molecule has 0 N–H and O–H groups in total. The molecule has 1 atom stereocenters. The van der Waals surface area contributed by atoms with Crippen LogP contribution in [0.25, 0.3) is 0 Å². The summed E-state index contributed by atoms with van der Waals surface area (Å²) in [5, 5.41) is 0.402. The number of allylic oxidation sites excluding steroid dienone is 1. The molecule has 21 heavy (non-hydrogen) atoms. The number of fused-ring (bicyclic) bond motifs is 1. The van der Waals surface area contributed by atoms with Gasteiger partial charge in [0.2, 0.25) is 8.87 Å². The molecular formula is C14H11NO4S2. The SMILES string of the molecule is COC(=O)C1=S(S(=O)(=O)c2ccccc2)C2=NC=CC2=C1. The maximum Gasteiger partial charge on any atom is 0.344 e. The maximum absolute atomic E-state index is 12.8. The van der Waals surface area contributed by atoms with Gasteiger partial charge in [0.25, 0.3) is 0 Å². The molecule has 5 nitrogen and oxygen atoms in total. The van der Waals surface area contributed by atoms with E-state index in [1.165, 1.54) is 31.5 Å². The van der Waals surface area contributed by atoms with Crippen LogP contribution in [0.1, 0.15) is 0 Å². The van der Waals surface area contributed by atoms with E-state index < -0.39 is 24.4 Å². The van der Waals surface area contributed by atoms with Gasteiger partial charge in [0.05, 0.1) is 12.0 Å². The van der Waals surface area contributed by atoms with Crippen molar-refractivity contribution in [3.63, 3.8) is 0 Å². The molecule has 0 spiro atoms. The predicted molar refractivity (Wildman–Crippen MR) is 82.9 cm³/mol. The Bertz CT molecular complexity index is 846. The first-order valence-electron chi connectivity index (χ1n) is 6.02. The van der Waals surface area contributed by atoms with Crippen LogP contribution in [0.5, 0.6) is 0 Å². The number of rotatable bonds is 3. The summed E-state index contributed by atoms with van der Waals surface area (Å²) >= 11 is 0. The normalized spacial score (nSPS) is 20.0. The monoisotopic (exact) mass is 321 g/mol. The number of carbonyl (C=O) groups excluding carboxylic acids is 1. The number of ether oxygens (including phenoxy) is 1. The second-order valence-corrected chi connectivity index (χ2v) is 9.30. The molecule has 3 rings (SSSR count). The van der Waals surface area contributed by atoms with Crippen LogP contribution in [-0.4, -0.2) is 31.4 Å². The van der Waals surface area contributed by atoms with Crippen molar-refractivity contribution < 1.29 is 17.9 Å². The van der Waals surface area contributed by atoms with Gasteiger partial charge in [0, 0.05) is 11.8 Å². The highest BCUT2D eigenvalue weighted by molar-refractivity contribution is 8.86. The van der Waals surface area contributed by atoms with Crippen molar-refractivity contribution >= 4 is 34.3 Å². The Morgan fingerprint density at radius 1 is 1.24 bits per heavy atom. The zero-order valence-corrected chi connectivity index (χ0v) is 12.6. The fraction of sp³-hybridized carbons (Fsp3) is 0.0714. The summed E-state index contributed by atoms with van der Waals surface area (Å²) in [6.07, 6.45) is 4.76. The van der Waals surface area contributed by atoms with Gasteiger partial charge in [-0.3, -0.25) is 0 Å². The number of benzene rings is 1. The molecule has 2 aliphatic rings. The summed E-state index contributed by atoms with van der Waals surface area (Å²) in [6.45, 7) is 0. The van der Waals surface area contributed by atoms with E-state index in [0.29, 0.717) is 10.6 Å². The van der Waals surface area contributed by atoms with E-state index in [1.54, 1.807) is 24.3 Å². The second kappa shape index (κ2) is 5.09. The van der Waals surface area contributed by atoms with Crippen LogP contribution in [0, 0.1) is 0 Å². The molecule has 1 aromatic carbocycles. The Labute approximate surface area is 123 Å². The molecule has 1 unspecified atom stereocenters. The van der Waals surface area contributed by atoms with Crippen molar-refractivity contribution in [3.8, 4) is 0 Å². The lowest BCUT2D eigenvalue weighted by Crippen LogP contribution is -2.15. The minimum absolute atomic E-state index is 0.124. The summed E-state index contributed by atoms with van der Waals surface area (Å²) in [5.74, 6) is -0.643. The van der Waals surface area contributed by atoms with E-state index in [0.717, 1.165) is 0 Å². The predicted octanol–water partition coefficient (Wildman–Crippen LogP) is 1.86. The molecule has 2 heterocycles. The second-order valence-electron chi connectivity index (χ2n) is 4.24. The van der Waals surface area contributed by atoms with E-state index in [9.17, 15) is 13.2 Å². The van der Waals surface area contributed by atoms with Crippen LogP contribution >= 0.6 is 9.52 Å². The van der Waals surface area contributed by atoms with E-state index in [1.807, 2.05) is 0 Å². The minimum atomic E-state index is -3.73. The van der Waals surface area contributed by atoms with Gasteiger partial charge >= 0.3 is 5.97 Å². The standard InChI is InChI=1S/C14H11NO4S2/c1-19-14(16)12-9-10-7-8-15-13(10)20(12)21(17,18)11-5-3-2-4-6-11/h2-9H,1H3. The van der Waals surface area contributed by atoms with Crippen molar-refractivity contribution in [3.05, 3.63) is 54.3 Å². The molecule has 2 aliphatic heterocycles. The Morgan fingerprint density at radius 2 is 1.95 bits per heavy atom. The number of hydrogen-bond acceptors (Lipinski definition) is 5. The number of methoxy groups -OCH3 is 1. The molecule has 0 saturated carbocycles. The van der Waals surface area contributed by atoms with Crippen LogP contribution in [0.15, 0.2) is 64.1 Å². The lowest BCUT2D eigenvalue weighted by Gasteiger charge is -2.10. The molecule has 0 aromatic heterocycles. The average Bonchev–Trinajstić information content (AvgIpc) is 3.07. The summed E-state index contributed by atoms with van der Waals surface area (Å²) < 4.78 is 30.4. The van der Waals surface area contributed by atoms with Crippen molar-refractivity contribution in [1.82, 2.24) is 0 Å². The van der Waals surface area contributed by atoms with Gasteiger partial charge < -0.3 is 4.74 Å².